The number of hydrogen-bond acceptors (Lipinski definition) is 6. The summed E-state index contributed by atoms with van der Waals surface area (Å²) in [6, 6.07) is 9.53. The number of hydrogen-bond donors (Lipinski definition) is 2. The number of benzene rings is 1. The molecule has 2 heterocycles. The van der Waals surface area contributed by atoms with E-state index in [1.54, 1.807) is 18.4 Å². The maximum atomic E-state index is 12.4. The van der Waals surface area contributed by atoms with Crippen LogP contribution in [0.4, 0.5) is 5.00 Å². The van der Waals surface area contributed by atoms with Crippen molar-refractivity contribution in [2.24, 2.45) is 0 Å². The van der Waals surface area contributed by atoms with Crippen molar-refractivity contribution in [1.29, 1.82) is 0 Å². The van der Waals surface area contributed by atoms with Crippen molar-refractivity contribution in [2.75, 3.05) is 18.5 Å². The van der Waals surface area contributed by atoms with Crippen LogP contribution in [0.15, 0.2) is 35.7 Å². The highest BCUT2D eigenvalue weighted by molar-refractivity contribution is 7.14. The molecule has 2 aromatic heterocycles. The molecular weight excluding hydrogens is 376 g/mol. The van der Waals surface area contributed by atoms with E-state index in [1.807, 2.05) is 31.2 Å². The summed E-state index contributed by atoms with van der Waals surface area (Å²) in [6.45, 7) is 7.00. The molecule has 0 unspecified atom stereocenters. The van der Waals surface area contributed by atoms with Crippen molar-refractivity contribution in [3.05, 3.63) is 47.1 Å². The van der Waals surface area contributed by atoms with Gasteiger partial charge in [0.2, 0.25) is 5.91 Å². The Hall–Kier alpha value is -2.71. The third kappa shape index (κ3) is 4.23. The molecule has 1 amide bonds. The third-order valence-corrected chi connectivity index (χ3v) is 5.20. The van der Waals surface area contributed by atoms with Crippen molar-refractivity contribution >= 4 is 39.2 Å². The Balaban J connectivity index is 1.64. The molecule has 0 saturated heterocycles. The lowest BCUT2D eigenvalue weighted by Crippen LogP contribution is -2.31. The molecule has 0 fully saturated rings. The van der Waals surface area contributed by atoms with Crippen LogP contribution < -0.4 is 10.6 Å². The molecule has 0 radical (unpaired) electrons. The number of rotatable bonds is 8. The van der Waals surface area contributed by atoms with Crippen molar-refractivity contribution in [3.8, 4) is 0 Å². The van der Waals surface area contributed by atoms with Crippen molar-refractivity contribution in [3.63, 3.8) is 0 Å². The van der Waals surface area contributed by atoms with E-state index in [1.165, 1.54) is 11.3 Å². The first kappa shape index (κ1) is 20.0. The molecule has 3 aromatic rings. The first-order valence-corrected chi connectivity index (χ1v) is 10.2. The van der Waals surface area contributed by atoms with Gasteiger partial charge in [-0.1, -0.05) is 12.1 Å². The number of anilines is 1. The van der Waals surface area contributed by atoms with Gasteiger partial charge in [0.1, 0.15) is 10.8 Å². The van der Waals surface area contributed by atoms with Crippen LogP contribution in [0.2, 0.25) is 0 Å². The van der Waals surface area contributed by atoms with E-state index in [9.17, 15) is 9.59 Å². The predicted molar refractivity (Wildman–Crippen MR) is 111 cm³/mol. The Bertz CT molecular complexity index is 979. The minimum Gasteiger partial charge on any atom is -0.462 e. The van der Waals surface area contributed by atoms with Gasteiger partial charge in [-0.3, -0.25) is 10.1 Å². The number of aromatic nitrogens is 2. The number of carbonyl (C=O) groups excluding carboxylic acids is 2. The molecule has 3 rings (SSSR count). The summed E-state index contributed by atoms with van der Waals surface area (Å²) >= 11 is 1.29. The van der Waals surface area contributed by atoms with Crippen LogP contribution in [0.25, 0.3) is 11.0 Å². The normalized spacial score (nSPS) is 12.1. The minimum atomic E-state index is -0.433. The fourth-order valence-electron chi connectivity index (χ4n) is 3.04. The summed E-state index contributed by atoms with van der Waals surface area (Å²) in [4.78, 5) is 29.0. The molecule has 1 aromatic carbocycles. The number of imidazole rings is 1. The zero-order chi connectivity index (χ0) is 20.1. The van der Waals surface area contributed by atoms with Crippen molar-refractivity contribution < 1.29 is 14.3 Å². The van der Waals surface area contributed by atoms with Gasteiger partial charge < -0.3 is 14.6 Å². The summed E-state index contributed by atoms with van der Waals surface area (Å²) in [5, 5.41) is 8.24. The second kappa shape index (κ2) is 8.99. The second-order valence-electron chi connectivity index (χ2n) is 6.24. The van der Waals surface area contributed by atoms with Crippen LogP contribution in [-0.4, -0.2) is 34.6 Å². The topological polar surface area (TPSA) is 85.2 Å². The number of carbonyl (C=O) groups is 2. The van der Waals surface area contributed by atoms with Gasteiger partial charge in [0.15, 0.2) is 0 Å². The highest BCUT2D eigenvalue weighted by atomic mass is 32.1. The van der Waals surface area contributed by atoms with Gasteiger partial charge in [0, 0.05) is 6.54 Å². The number of fused-ring (bicyclic) bond motifs is 1. The van der Waals surface area contributed by atoms with E-state index < -0.39 is 5.97 Å². The highest BCUT2D eigenvalue weighted by Crippen LogP contribution is 2.24. The molecule has 0 spiro atoms. The van der Waals surface area contributed by atoms with E-state index in [0.29, 0.717) is 17.2 Å². The lowest BCUT2D eigenvalue weighted by Gasteiger charge is -2.15. The van der Waals surface area contributed by atoms with Crippen LogP contribution in [0.1, 0.15) is 43.0 Å². The summed E-state index contributed by atoms with van der Waals surface area (Å²) in [7, 11) is 0. The average molecular weight is 401 g/mol. The molecule has 0 saturated carbocycles. The Kier molecular flexibility index (Phi) is 6.43. The second-order valence-corrected chi connectivity index (χ2v) is 7.15. The fourth-order valence-corrected chi connectivity index (χ4v) is 3.83. The number of para-hydroxylation sites is 2. The summed E-state index contributed by atoms with van der Waals surface area (Å²) in [6.07, 6.45) is 0. The number of nitrogens with zero attached hydrogens (tertiary/aromatic N) is 2. The maximum Gasteiger partial charge on any atom is 0.341 e. The summed E-state index contributed by atoms with van der Waals surface area (Å²) in [5.41, 5.74) is 2.40. The van der Waals surface area contributed by atoms with Gasteiger partial charge in [-0.15, -0.1) is 11.3 Å². The van der Waals surface area contributed by atoms with Gasteiger partial charge in [0.05, 0.1) is 35.8 Å². The monoisotopic (exact) mass is 400 g/mol. The van der Waals surface area contributed by atoms with E-state index in [0.717, 1.165) is 23.4 Å². The molecule has 0 aliphatic heterocycles. The fraction of sp³-hybridized carbons (Fsp3) is 0.350. The van der Waals surface area contributed by atoms with Gasteiger partial charge >= 0.3 is 5.97 Å². The maximum absolute atomic E-state index is 12.4. The van der Waals surface area contributed by atoms with Crippen LogP contribution in [0, 0.1) is 0 Å². The molecule has 28 heavy (non-hydrogen) atoms. The zero-order valence-electron chi connectivity index (χ0n) is 16.2. The van der Waals surface area contributed by atoms with Gasteiger partial charge in [-0.25, -0.2) is 9.78 Å². The molecular formula is C20H24N4O3S. The lowest BCUT2D eigenvalue weighted by molar-refractivity contribution is -0.115. The SMILES string of the molecule is CCOC(=O)c1ccsc1NC(=O)CN[C@@H](C)c1nc2ccccc2n1CC. The van der Waals surface area contributed by atoms with Gasteiger partial charge in [-0.2, -0.15) is 0 Å². The van der Waals surface area contributed by atoms with Crippen LogP contribution in [0.3, 0.4) is 0 Å². The first-order chi connectivity index (χ1) is 13.5. The Morgan fingerprint density at radius 1 is 1.25 bits per heavy atom. The van der Waals surface area contributed by atoms with Gasteiger partial charge in [0.25, 0.3) is 0 Å². The largest absolute Gasteiger partial charge is 0.462 e. The number of amides is 1. The molecule has 0 aliphatic rings. The molecule has 0 aliphatic carbocycles. The lowest BCUT2D eigenvalue weighted by atomic mass is 10.3. The predicted octanol–water partition coefficient (Wildman–Crippen LogP) is 3.58. The number of nitrogens with one attached hydrogen (secondary N) is 2. The quantitative estimate of drug-likeness (QED) is 0.565. The summed E-state index contributed by atoms with van der Waals surface area (Å²) < 4.78 is 7.15. The van der Waals surface area contributed by atoms with Gasteiger partial charge in [-0.05, 0) is 44.4 Å². The average Bonchev–Trinajstić information content (AvgIpc) is 3.30. The van der Waals surface area contributed by atoms with Crippen molar-refractivity contribution in [2.45, 2.75) is 33.4 Å². The van der Waals surface area contributed by atoms with E-state index in [2.05, 4.69) is 22.1 Å². The summed E-state index contributed by atoms with van der Waals surface area (Å²) in [5.74, 6) is 0.232. The van der Waals surface area contributed by atoms with Crippen LogP contribution in [-0.2, 0) is 16.1 Å². The molecule has 0 bridgehead atoms. The molecule has 148 valence electrons. The molecule has 1 atom stereocenters. The Morgan fingerprint density at radius 2 is 2.04 bits per heavy atom. The Labute approximate surface area is 167 Å². The first-order valence-electron chi connectivity index (χ1n) is 9.28. The van der Waals surface area contributed by atoms with Crippen LogP contribution in [0.5, 0.6) is 0 Å². The van der Waals surface area contributed by atoms with E-state index in [-0.39, 0.29) is 18.5 Å². The van der Waals surface area contributed by atoms with E-state index in [4.69, 9.17) is 9.72 Å². The standard InChI is InChI=1S/C20H24N4O3S/c1-4-24-16-9-7-6-8-15(16)22-18(24)13(3)21-12-17(25)23-19-14(10-11-28-19)20(26)27-5-2/h6-11,13,21H,4-5,12H2,1-3H3,(H,23,25)/t13-/m0/s1. The number of thiophene rings is 1. The highest BCUT2D eigenvalue weighted by Gasteiger charge is 2.18. The van der Waals surface area contributed by atoms with Crippen LogP contribution >= 0.6 is 11.3 Å². The van der Waals surface area contributed by atoms with Crippen molar-refractivity contribution in [1.82, 2.24) is 14.9 Å². The van der Waals surface area contributed by atoms with E-state index >= 15 is 0 Å². The minimum absolute atomic E-state index is 0.105. The Morgan fingerprint density at radius 3 is 2.79 bits per heavy atom. The smallest absolute Gasteiger partial charge is 0.341 e. The number of esters is 1. The zero-order valence-corrected chi connectivity index (χ0v) is 17.0. The molecule has 7 nitrogen and oxygen atoms in total. The number of aryl methyl sites for hydroxylation is 1. The number of ether oxygens (including phenoxy) is 1. The molecule has 8 heteroatoms. The molecule has 2 N–H and O–H groups in total. The third-order valence-electron chi connectivity index (χ3n) is 4.37.